The van der Waals surface area contributed by atoms with Gasteiger partial charge in [-0.1, -0.05) is 60.5 Å². The lowest BCUT2D eigenvalue weighted by Gasteiger charge is -2.19. The molecular formula is C22H27N3O3. The van der Waals surface area contributed by atoms with Gasteiger partial charge in [0.05, 0.1) is 5.56 Å². The molecule has 0 bridgehead atoms. The van der Waals surface area contributed by atoms with Crippen LogP contribution >= 0.6 is 0 Å². The van der Waals surface area contributed by atoms with E-state index in [2.05, 4.69) is 5.16 Å². The maximum atomic E-state index is 12.3. The van der Waals surface area contributed by atoms with Crippen LogP contribution in [-0.4, -0.2) is 36.3 Å². The minimum Gasteiger partial charge on any atom is -0.488 e. The van der Waals surface area contributed by atoms with E-state index in [1.165, 1.54) is 12.8 Å². The first kappa shape index (κ1) is 19.7. The van der Waals surface area contributed by atoms with Crippen molar-refractivity contribution in [1.29, 1.82) is 0 Å². The lowest BCUT2D eigenvalue weighted by molar-refractivity contribution is -0.136. The minimum atomic E-state index is -0.103. The van der Waals surface area contributed by atoms with Gasteiger partial charge >= 0.3 is 0 Å². The molecule has 1 aliphatic heterocycles. The summed E-state index contributed by atoms with van der Waals surface area (Å²) in [5, 5.41) is 3.94. The molecule has 1 heterocycles. The van der Waals surface area contributed by atoms with E-state index in [1.807, 2.05) is 59.5 Å². The van der Waals surface area contributed by atoms with E-state index in [0.717, 1.165) is 31.5 Å². The Balaban J connectivity index is 1.57. The minimum absolute atomic E-state index is 0.0490. The van der Waals surface area contributed by atoms with Crippen LogP contribution in [0.25, 0.3) is 0 Å². The molecule has 3 rings (SSSR count). The first-order valence-electron chi connectivity index (χ1n) is 9.73. The van der Waals surface area contributed by atoms with Gasteiger partial charge in [0.1, 0.15) is 12.4 Å². The normalized spacial score (nSPS) is 15.0. The number of likely N-dealkylation sites (tertiary alicyclic amines) is 1. The fourth-order valence-electron chi connectivity index (χ4n) is 3.16. The van der Waals surface area contributed by atoms with Crippen LogP contribution in [0, 0.1) is 0 Å². The van der Waals surface area contributed by atoms with Crippen molar-refractivity contribution in [3.63, 3.8) is 0 Å². The third-order valence-corrected chi connectivity index (χ3v) is 4.71. The molecule has 0 saturated carbocycles. The largest absolute Gasteiger partial charge is 0.488 e. The first-order chi connectivity index (χ1) is 13.7. The van der Waals surface area contributed by atoms with Crippen molar-refractivity contribution in [3.8, 4) is 5.75 Å². The number of para-hydroxylation sites is 1. The predicted molar refractivity (Wildman–Crippen MR) is 109 cm³/mol. The first-order valence-corrected chi connectivity index (χ1v) is 9.73. The lowest BCUT2D eigenvalue weighted by Crippen LogP contribution is -2.34. The Morgan fingerprint density at radius 2 is 1.64 bits per heavy atom. The molecule has 148 valence electrons. The van der Waals surface area contributed by atoms with E-state index in [1.54, 1.807) is 0 Å². The van der Waals surface area contributed by atoms with E-state index in [0.29, 0.717) is 17.9 Å². The number of oxime groups is 1. The molecular weight excluding hydrogens is 354 g/mol. The molecule has 0 unspecified atom stereocenters. The van der Waals surface area contributed by atoms with Gasteiger partial charge in [0.15, 0.2) is 12.4 Å². The number of rotatable bonds is 7. The van der Waals surface area contributed by atoms with Crippen molar-refractivity contribution in [2.24, 2.45) is 10.9 Å². The monoisotopic (exact) mass is 381 g/mol. The molecule has 2 aromatic carbocycles. The van der Waals surface area contributed by atoms with Crippen LogP contribution in [0.4, 0.5) is 0 Å². The molecule has 1 saturated heterocycles. The Morgan fingerprint density at radius 3 is 2.39 bits per heavy atom. The van der Waals surface area contributed by atoms with Gasteiger partial charge in [-0.15, -0.1) is 0 Å². The second-order valence-corrected chi connectivity index (χ2v) is 6.82. The number of benzene rings is 2. The molecule has 28 heavy (non-hydrogen) atoms. The average Bonchev–Trinajstić information content (AvgIpc) is 3.03. The van der Waals surface area contributed by atoms with Gasteiger partial charge < -0.3 is 20.2 Å². The highest BCUT2D eigenvalue weighted by Crippen LogP contribution is 2.19. The Hall–Kier alpha value is -3.02. The zero-order chi connectivity index (χ0) is 19.6. The van der Waals surface area contributed by atoms with Crippen LogP contribution in [0.15, 0.2) is 59.8 Å². The predicted octanol–water partition coefficient (Wildman–Crippen LogP) is 3.31. The maximum absolute atomic E-state index is 12.3. The smallest absolute Gasteiger partial charge is 0.263 e. The van der Waals surface area contributed by atoms with Gasteiger partial charge in [0.25, 0.3) is 5.91 Å². The van der Waals surface area contributed by atoms with Crippen LogP contribution in [-0.2, 0) is 16.2 Å². The third kappa shape index (κ3) is 5.74. The molecule has 0 aliphatic carbocycles. The Labute approximate surface area is 165 Å². The summed E-state index contributed by atoms with van der Waals surface area (Å²) >= 11 is 0. The summed E-state index contributed by atoms with van der Waals surface area (Å²) in [6, 6.07) is 17.3. The SMILES string of the molecule is N/C(=N\OCC(=O)N1CCCCCC1)c1ccccc1OCc1ccccc1. The molecule has 1 fully saturated rings. The summed E-state index contributed by atoms with van der Waals surface area (Å²) in [6.07, 6.45) is 4.44. The number of amidine groups is 1. The number of carbonyl (C=O) groups excluding carboxylic acids is 1. The second-order valence-electron chi connectivity index (χ2n) is 6.82. The van der Waals surface area contributed by atoms with Crippen LogP contribution in [0.3, 0.4) is 0 Å². The van der Waals surface area contributed by atoms with Crippen molar-refractivity contribution >= 4 is 11.7 Å². The molecule has 2 aromatic rings. The van der Waals surface area contributed by atoms with Gasteiger partial charge in [-0.3, -0.25) is 4.79 Å². The van der Waals surface area contributed by atoms with E-state index >= 15 is 0 Å². The quantitative estimate of drug-likeness (QED) is 0.453. The van der Waals surface area contributed by atoms with Gasteiger partial charge in [-0.25, -0.2) is 0 Å². The average molecular weight is 381 g/mol. The van der Waals surface area contributed by atoms with Crippen molar-refractivity contribution in [2.75, 3.05) is 19.7 Å². The highest BCUT2D eigenvalue weighted by atomic mass is 16.6. The Bertz CT molecular complexity index is 785. The third-order valence-electron chi connectivity index (χ3n) is 4.71. The number of nitrogens with two attached hydrogens (primary N) is 1. The van der Waals surface area contributed by atoms with Crippen molar-refractivity contribution in [3.05, 3.63) is 65.7 Å². The molecule has 0 atom stereocenters. The summed E-state index contributed by atoms with van der Waals surface area (Å²) in [4.78, 5) is 19.3. The molecule has 1 aliphatic rings. The van der Waals surface area contributed by atoms with Crippen LogP contribution in [0.1, 0.15) is 36.8 Å². The van der Waals surface area contributed by atoms with Gasteiger partial charge in [0.2, 0.25) is 0 Å². The number of carbonyl (C=O) groups is 1. The van der Waals surface area contributed by atoms with Crippen molar-refractivity contribution in [1.82, 2.24) is 4.90 Å². The summed E-state index contributed by atoms with van der Waals surface area (Å²) in [7, 11) is 0. The summed E-state index contributed by atoms with van der Waals surface area (Å²) in [5.74, 6) is 0.759. The fourth-order valence-corrected chi connectivity index (χ4v) is 3.16. The zero-order valence-electron chi connectivity index (χ0n) is 16.0. The summed E-state index contributed by atoms with van der Waals surface area (Å²) in [6.45, 7) is 1.91. The van der Waals surface area contributed by atoms with Gasteiger partial charge in [-0.05, 0) is 30.5 Å². The summed E-state index contributed by atoms with van der Waals surface area (Å²) < 4.78 is 5.89. The highest BCUT2D eigenvalue weighted by molar-refractivity contribution is 5.99. The standard InChI is InChI=1S/C22H27N3O3/c23-22(24-28-17-21(26)25-14-8-1-2-9-15-25)19-12-6-7-13-20(19)27-16-18-10-4-3-5-11-18/h3-7,10-13H,1-2,8-9,14-17H2,(H2,23,24). The molecule has 0 aromatic heterocycles. The molecule has 0 radical (unpaired) electrons. The van der Waals surface area contributed by atoms with Crippen molar-refractivity contribution in [2.45, 2.75) is 32.3 Å². The number of hydrogen-bond donors (Lipinski definition) is 1. The number of nitrogens with zero attached hydrogens (tertiary/aromatic N) is 2. The fraction of sp³-hybridized carbons (Fsp3) is 0.364. The molecule has 6 heteroatoms. The van der Waals surface area contributed by atoms with E-state index in [9.17, 15) is 4.79 Å². The molecule has 0 spiro atoms. The number of ether oxygens (including phenoxy) is 1. The van der Waals surface area contributed by atoms with Gasteiger partial charge in [0, 0.05) is 13.1 Å². The summed E-state index contributed by atoms with van der Waals surface area (Å²) in [5.41, 5.74) is 7.78. The van der Waals surface area contributed by atoms with E-state index in [4.69, 9.17) is 15.3 Å². The van der Waals surface area contributed by atoms with Crippen LogP contribution in [0.2, 0.25) is 0 Å². The van der Waals surface area contributed by atoms with Crippen LogP contribution in [0.5, 0.6) is 5.75 Å². The topological polar surface area (TPSA) is 77.2 Å². The number of hydrogen-bond acceptors (Lipinski definition) is 4. The Morgan fingerprint density at radius 1 is 0.964 bits per heavy atom. The lowest BCUT2D eigenvalue weighted by atomic mass is 10.2. The van der Waals surface area contributed by atoms with Crippen molar-refractivity contribution < 1.29 is 14.4 Å². The molecule has 6 nitrogen and oxygen atoms in total. The Kier molecular flexibility index (Phi) is 7.29. The zero-order valence-corrected chi connectivity index (χ0v) is 16.0. The number of amides is 1. The molecule has 2 N–H and O–H groups in total. The van der Waals surface area contributed by atoms with Crippen LogP contribution < -0.4 is 10.5 Å². The molecule has 1 amide bonds. The second kappa shape index (κ2) is 10.3. The maximum Gasteiger partial charge on any atom is 0.263 e. The van der Waals surface area contributed by atoms with E-state index in [-0.39, 0.29) is 18.3 Å². The van der Waals surface area contributed by atoms with E-state index < -0.39 is 0 Å². The van der Waals surface area contributed by atoms with Gasteiger partial charge in [-0.2, -0.15) is 0 Å². The highest BCUT2D eigenvalue weighted by Gasteiger charge is 2.16.